The van der Waals surface area contributed by atoms with E-state index in [0.717, 1.165) is 16.8 Å². The van der Waals surface area contributed by atoms with E-state index >= 15 is 0 Å². The van der Waals surface area contributed by atoms with Crippen molar-refractivity contribution in [3.8, 4) is 5.69 Å². The summed E-state index contributed by atoms with van der Waals surface area (Å²) >= 11 is 0. The largest absolute Gasteiger partial charge is 0.364 e. The predicted molar refractivity (Wildman–Crippen MR) is 87.2 cm³/mol. The van der Waals surface area contributed by atoms with Gasteiger partial charge in [-0.2, -0.15) is 4.98 Å². The van der Waals surface area contributed by atoms with Gasteiger partial charge in [0.15, 0.2) is 0 Å². The van der Waals surface area contributed by atoms with E-state index < -0.39 is 11.6 Å². The van der Waals surface area contributed by atoms with Gasteiger partial charge in [0.05, 0.1) is 11.4 Å². The van der Waals surface area contributed by atoms with Gasteiger partial charge in [-0.15, -0.1) is 0 Å². The number of rotatable bonds is 4. The van der Waals surface area contributed by atoms with Gasteiger partial charge in [-0.25, -0.2) is 14.2 Å². The van der Waals surface area contributed by atoms with Crippen LogP contribution in [0.15, 0.2) is 39.9 Å². The lowest BCUT2D eigenvalue weighted by Gasteiger charge is -2.13. The van der Waals surface area contributed by atoms with Crippen LogP contribution in [0.2, 0.25) is 0 Å². The fourth-order valence-corrected chi connectivity index (χ4v) is 2.36. The number of aromatic nitrogens is 4. The third kappa shape index (κ3) is 3.12. The lowest BCUT2D eigenvalue weighted by Crippen LogP contribution is -2.30. The summed E-state index contributed by atoms with van der Waals surface area (Å²) in [6.45, 7) is 5.45. The van der Waals surface area contributed by atoms with E-state index in [1.807, 2.05) is 32.0 Å². The maximum absolute atomic E-state index is 12.2. The van der Waals surface area contributed by atoms with Crippen LogP contribution in [-0.2, 0) is 11.3 Å². The van der Waals surface area contributed by atoms with Crippen LogP contribution < -0.4 is 11.0 Å². The molecule has 3 rings (SSSR count). The number of carbonyl (C=O) groups excluding carboxylic acids is 1. The second-order valence-corrected chi connectivity index (χ2v) is 5.60. The number of hydrogen-bond acceptors (Lipinski definition) is 5. The molecule has 0 atom stereocenters. The van der Waals surface area contributed by atoms with E-state index in [2.05, 4.69) is 15.5 Å². The molecule has 2 aromatic heterocycles. The van der Waals surface area contributed by atoms with E-state index in [4.69, 9.17) is 4.52 Å². The first-order chi connectivity index (χ1) is 11.4. The van der Waals surface area contributed by atoms with E-state index in [-0.39, 0.29) is 12.4 Å². The van der Waals surface area contributed by atoms with Crippen molar-refractivity contribution in [3.63, 3.8) is 0 Å². The Balaban J connectivity index is 1.89. The second-order valence-electron chi connectivity index (χ2n) is 5.60. The van der Waals surface area contributed by atoms with Crippen molar-refractivity contribution in [1.29, 1.82) is 0 Å². The minimum atomic E-state index is -0.500. The van der Waals surface area contributed by atoms with Crippen LogP contribution in [0.5, 0.6) is 0 Å². The van der Waals surface area contributed by atoms with Crippen LogP contribution in [0, 0.1) is 20.8 Å². The van der Waals surface area contributed by atoms with Crippen LogP contribution in [0.25, 0.3) is 5.69 Å². The van der Waals surface area contributed by atoms with Crippen LogP contribution in [0.4, 0.5) is 5.88 Å². The Morgan fingerprint density at radius 1 is 1.25 bits per heavy atom. The highest BCUT2D eigenvalue weighted by Gasteiger charge is 2.14. The summed E-state index contributed by atoms with van der Waals surface area (Å²) in [5.41, 5.74) is 2.97. The maximum atomic E-state index is 12.2. The van der Waals surface area contributed by atoms with Crippen LogP contribution in [0.1, 0.15) is 16.8 Å². The summed E-state index contributed by atoms with van der Waals surface area (Å²) in [5.74, 6) is -0.163. The summed E-state index contributed by atoms with van der Waals surface area (Å²) in [5, 5.41) is 6.26. The predicted octanol–water partition coefficient (Wildman–Crippen LogP) is 1.59. The average Bonchev–Trinajstić information content (AvgIpc) is 3.09. The molecule has 0 saturated carbocycles. The summed E-state index contributed by atoms with van der Waals surface area (Å²) in [4.78, 5) is 28.0. The average molecular weight is 327 g/mol. The molecule has 2 heterocycles. The second kappa shape index (κ2) is 6.15. The number of carbonyl (C=O) groups is 1. The molecule has 3 aromatic rings. The third-order valence-corrected chi connectivity index (χ3v) is 3.55. The normalized spacial score (nSPS) is 10.8. The molecule has 0 aliphatic rings. The van der Waals surface area contributed by atoms with E-state index in [1.54, 1.807) is 17.7 Å². The van der Waals surface area contributed by atoms with Gasteiger partial charge < -0.3 is 4.52 Å². The van der Waals surface area contributed by atoms with Crippen molar-refractivity contribution >= 4 is 11.8 Å². The molecule has 0 aliphatic heterocycles. The molecular formula is C16H17N5O3. The van der Waals surface area contributed by atoms with Crippen molar-refractivity contribution in [2.45, 2.75) is 27.3 Å². The zero-order chi connectivity index (χ0) is 17.3. The van der Waals surface area contributed by atoms with Gasteiger partial charge in [0.2, 0.25) is 11.8 Å². The van der Waals surface area contributed by atoms with Gasteiger partial charge in [-0.1, -0.05) is 17.3 Å². The van der Waals surface area contributed by atoms with Gasteiger partial charge in [-0.05, 0) is 38.0 Å². The van der Waals surface area contributed by atoms with E-state index in [0.29, 0.717) is 5.69 Å². The first kappa shape index (κ1) is 15.7. The SMILES string of the molecule is Cc1ccc(C)c(-n2cnc(=O)n2CC(=O)Nc2cc(C)no2)c1. The maximum Gasteiger partial charge on any atom is 0.364 e. The van der Waals surface area contributed by atoms with Crippen molar-refractivity contribution in [3.05, 3.63) is 57.9 Å². The number of amides is 1. The molecule has 0 radical (unpaired) electrons. The molecule has 24 heavy (non-hydrogen) atoms. The summed E-state index contributed by atoms with van der Waals surface area (Å²) in [6.07, 6.45) is 1.41. The Labute approximate surface area is 137 Å². The molecule has 0 bridgehead atoms. The minimum Gasteiger partial charge on any atom is -0.338 e. The molecule has 0 spiro atoms. The third-order valence-electron chi connectivity index (χ3n) is 3.55. The topological polar surface area (TPSA) is 95.0 Å². The van der Waals surface area contributed by atoms with Crippen LogP contribution in [0.3, 0.4) is 0 Å². The monoisotopic (exact) mass is 327 g/mol. The highest BCUT2D eigenvalue weighted by atomic mass is 16.5. The van der Waals surface area contributed by atoms with Gasteiger partial charge in [0.25, 0.3) is 0 Å². The van der Waals surface area contributed by atoms with Crippen LogP contribution in [-0.4, -0.2) is 25.4 Å². The Morgan fingerprint density at radius 2 is 2.04 bits per heavy atom. The number of anilines is 1. The molecule has 8 heteroatoms. The number of hydrogen-bond donors (Lipinski definition) is 1. The highest BCUT2D eigenvalue weighted by molar-refractivity contribution is 5.89. The number of nitrogens with zero attached hydrogens (tertiary/aromatic N) is 4. The standard InChI is InChI=1S/C16H17N5O3/c1-10-4-5-11(2)13(6-10)21-9-17-16(23)20(21)8-14(22)18-15-7-12(3)19-24-15/h4-7,9H,8H2,1-3H3,(H,18,22). The van der Waals surface area contributed by atoms with Crippen molar-refractivity contribution in [1.82, 2.24) is 19.5 Å². The Kier molecular flexibility index (Phi) is 4.03. The molecule has 8 nitrogen and oxygen atoms in total. The fraction of sp³-hybridized carbons (Fsp3) is 0.250. The summed E-state index contributed by atoms with van der Waals surface area (Å²) in [6, 6.07) is 7.47. The fourth-order valence-electron chi connectivity index (χ4n) is 2.36. The summed E-state index contributed by atoms with van der Waals surface area (Å²) in [7, 11) is 0. The molecule has 0 unspecified atom stereocenters. The Morgan fingerprint density at radius 3 is 2.75 bits per heavy atom. The number of aryl methyl sites for hydroxylation is 3. The molecule has 1 aromatic carbocycles. The lowest BCUT2D eigenvalue weighted by atomic mass is 10.1. The zero-order valence-electron chi connectivity index (χ0n) is 13.6. The van der Waals surface area contributed by atoms with Crippen molar-refractivity contribution in [2.24, 2.45) is 0 Å². The van der Waals surface area contributed by atoms with Gasteiger partial charge in [0.1, 0.15) is 12.9 Å². The smallest absolute Gasteiger partial charge is 0.338 e. The van der Waals surface area contributed by atoms with Crippen molar-refractivity contribution in [2.75, 3.05) is 5.32 Å². The highest BCUT2D eigenvalue weighted by Crippen LogP contribution is 2.15. The molecule has 0 fully saturated rings. The van der Waals surface area contributed by atoms with Gasteiger partial charge in [0, 0.05) is 6.07 Å². The molecule has 0 aliphatic carbocycles. The van der Waals surface area contributed by atoms with E-state index in [1.165, 1.54) is 11.0 Å². The van der Waals surface area contributed by atoms with Gasteiger partial charge >= 0.3 is 5.69 Å². The van der Waals surface area contributed by atoms with E-state index in [9.17, 15) is 9.59 Å². The molecule has 124 valence electrons. The molecule has 0 saturated heterocycles. The van der Waals surface area contributed by atoms with Crippen LogP contribution >= 0.6 is 0 Å². The molecule has 1 N–H and O–H groups in total. The number of benzene rings is 1. The Hall–Kier alpha value is -3.16. The minimum absolute atomic E-state index is 0.189. The molecular weight excluding hydrogens is 310 g/mol. The first-order valence-electron chi connectivity index (χ1n) is 7.39. The van der Waals surface area contributed by atoms with Gasteiger partial charge in [-0.3, -0.25) is 10.1 Å². The summed E-state index contributed by atoms with van der Waals surface area (Å²) < 4.78 is 7.79. The first-order valence-corrected chi connectivity index (χ1v) is 7.39. The lowest BCUT2D eigenvalue weighted by molar-refractivity contribution is -0.117. The van der Waals surface area contributed by atoms with Crippen molar-refractivity contribution < 1.29 is 9.32 Å². The molecule has 1 amide bonds. The number of nitrogens with one attached hydrogen (secondary N) is 1. The quantitative estimate of drug-likeness (QED) is 0.785. The Bertz CT molecular complexity index is 951. The zero-order valence-corrected chi connectivity index (χ0v) is 13.6.